The van der Waals surface area contributed by atoms with Gasteiger partial charge in [0, 0.05) is 5.69 Å². The van der Waals surface area contributed by atoms with Gasteiger partial charge in [0.15, 0.2) is 6.33 Å². The molecule has 0 bridgehead atoms. The fourth-order valence-corrected chi connectivity index (χ4v) is 2.55. The molecule has 0 aliphatic rings. The molecule has 0 amide bonds. The molecule has 94 valence electrons. The zero-order chi connectivity index (χ0) is 13.1. The standard InChI is InChI=1S/C11H11N3O3S/c1-6-3-7(2)14-10(9(6)11(15)16)18-4-8-12-5-13-17-8/h3,5H,4H2,1-2H3,(H,15,16). The van der Waals surface area contributed by atoms with Gasteiger partial charge in [0.25, 0.3) is 0 Å². The van der Waals surface area contributed by atoms with E-state index in [0.717, 1.165) is 5.69 Å². The van der Waals surface area contributed by atoms with Crippen molar-refractivity contribution in [2.45, 2.75) is 24.6 Å². The highest BCUT2D eigenvalue weighted by molar-refractivity contribution is 7.98. The third-order valence-corrected chi connectivity index (χ3v) is 3.22. The summed E-state index contributed by atoms with van der Waals surface area (Å²) in [7, 11) is 0. The van der Waals surface area contributed by atoms with Crippen molar-refractivity contribution in [3.05, 3.63) is 35.1 Å². The van der Waals surface area contributed by atoms with Crippen molar-refractivity contribution in [2.75, 3.05) is 0 Å². The van der Waals surface area contributed by atoms with Crippen LogP contribution in [0.4, 0.5) is 0 Å². The highest BCUT2D eigenvalue weighted by atomic mass is 32.2. The van der Waals surface area contributed by atoms with Gasteiger partial charge in [0.2, 0.25) is 5.89 Å². The molecule has 0 aliphatic carbocycles. The maximum atomic E-state index is 11.2. The van der Waals surface area contributed by atoms with E-state index in [9.17, 15) is 9.90 Å². The average molecular weight is 265 g/mol. The Balaban J connectivity index is 2.28. The number of aryl methyl sites for hydroxylation is 2. The van der Waals surface area contributed by atoms with Crippen LogP contribution in [0.2, 0.25) is 0 Å². The van der Waals surface area contributed by atoms with Gasteiger partial charge in [-0.1, -0.05) is 16.9 Å². The van der Waals surface area contributed by atoms with Crippen molar-refractivity contribution in [1.82, 2.24) is 15.1 Å². The van der Waals surface area contributed by atoms with Crippen molar-refractivity contribution in [3.8, 4) is 0 Å². The number of pyridine rings is 1. The van der Waals surface area contributed by atoms with Crippen LogP contribution >= 0.6 is 11.8 Å². The van der Waals surface area contributed by atoms with E-state index in [2.05, 4.69) is 15.1 Å². The number of rotatable bonds is 4. The molecule has 0 saturated heterocycles. The summed E-state index contributed by atoms with van der Waals surface area (Å²) in [6.45, 7) is 3.59. The lowest BCUT2D eigenvalue weighted by molar-refractivity contribution is 0.0691. The Kier molecular flexibility index (Phi) is 3.61. The molecule has 1 N–H and O–H groups in total. The van der Waals surface area contributed by atoms with E-state index in [0.29, 0.717) is 22.2 Å². The Morgan fingerprint density at radius 3 is 2.89 bits per heavy atom. The normalized spacial score (nSPS) is 10.6. The van der Waals surface area contributed by atoms with Crippen molar-refractivity contribution in [3.63, 3.8) is 0 Å². The van der Waals surface area contributed by atoms with E-state index in [1.807, 2.05) is 6.92 Å². The summed E-state index contributed by atoms with van der Waals surface area (Å²) in [5.74, 6) is -0.138. The van der Waals surface area contributed by atoms with Crippen molar-refractivity contribution in [2.24, 2.45) is 0 Å². The second kappa shape index (κ2) is 5.18. The van der Waals surface area contributed by atoms with Crippen LogP contribution in [-0.2, 0) is 5.75 Å². The van der Waals surface area contributed by atoms with Gasteiger partial charge in [0.05, 0.1) is 11.3 Å². The minimum Gasteiger partial charge on any atom is -0.478 e. The monoisotopic (exact) mass is 265 g/mol. The molecule has 0 fully saturated rings. The van der Waals surface area contributed by atoms with Crippen LogP contribution in [0.5, 0.6) is 0 Å². The van der Waals surface area contributed by atoms with Crippen LogP contribution < -0.4 is 0 Å². The first kappa shape index (κ1) is 12.6. The Labute approximate surface area is 107 Å². The molecule has 2 heterocycles. The molecule has 7 heteroatoms. The van der Waals surface area contributed by atoms with Gasteiger partial charge < -0.3 is 9.63 Å². The molecule has 0 saturated carbocycles. The molecule has 6 nitrogen and oxygen atoms in total. The number of thioether (sulfide) groups is 1. The molecule has 0 aromatic carbocycles. The van der Waals surface area contributed by atoms with Gasteiger partial charge in [-0.05, 0) is 25.5 Å². The summed E-state index contributed by atoms with van der Waals surface area (Å²) in [4.78, 5) is 19.3. The maximum Gasteiger partial charge on any atom is 0.338 e. The smallest absolute Gasteiger partial charge is 0.338 e. The molecule has 0 aliphatic heterocycles. The number of hydrogen-bond donors (Lipinski definition) is 1. The quantitative estimate of drug-likeness (QED) is 0.846. The minimum atomic E-state index is -0.979. The second-order valence-electron chi connectivity index (χ2n) is 3.69. The maximum absolute atomic E-state index is 11.2. The predicted octanol–water partition coefficient (Wildman–Crippen LogP) is 2.07. The summed E-state index contributed by atoms with van der Waals surface area (Å²) >= 11 is 1.27. The highest BCUT2D eigenvalue weighted by Gasteiger charge is 2.16. The molecule has 0 unspecified atom stereocenters. The van der Waals surface area contributed by atoms with Crippen molar-refractivity contribution < 1.29 is 14.4 Å². The third-order valence-electron chi connectivity index (χ3n) is 2.26. The number of aromatic carboxylic acids is 1. The summed E-state index contributed by atoms with van der Waals surface area (Å²) in [5.41, 5.74) is 1.71. The van der Waals surface area contributed by atoms with E-state index in [4.69, 9.17) is 4.52 Å². The fourth-order valence-electron chi connectivity index (χ4n) is 1.56. The first-order valence-electron chi connectivity index (χ1n) is 5.18. The zero-order valence-corrected chi connectivity index (χ0v) is 10.7. The van der Waals surface area contributed by atoms with Crippen molar-refractivity contribution in [1.29, 1.82) is 0 Å². The van der Waals surface area contributed by atoms with Crippen LogP contribution in [0.3, 0.4) is 0 Å². The molecule has 18 heavy (non-hydrogen) atoms. The second-order valence-corrected chi connectivity index (χ2v) is 4.65. The first-order valence-corrected chi connectivity index (χ1v) is 6.16. The molecule has 0 atom stereocenters. The van der Waals surface area contributed by atoms with E-state index in [-0.39, 0.29) is 5.56 Å². The Bertz CT molecular complexity index is 569. The van der Waals surface area contributed by atoms with E-state index in [1.165, 1.54) is 18.1 Å². The Morgan fingerprint density at radius 2 is 2.28 bits per heavy atom. The van der Waals surface area contributed by atoms with Gasteiger partial charge in [-0.2, -0.15) is 4.98 Å². The number of carbonyl (C=O) groups is 1. The number of hydrogen-bond acceptors (Lipinski definition) is 6. The Morgan fingerprint density at radius 1 is 1.50 bits per heavy atom. The SMILES string of the molecule is Cc1cc(C)c(C(=O)O)c(SCc2ncno2)n1. The van der Waals surface area contributed by atoms with Crippen molar-refractivity contribution >= 4 is 17.7 Å². The van der Waals surface area contributed by atoms with E-state index >= 15 is 0 Å². The highest BCUT2D eigenvalue weighted by Crippen LogP contribution is 2.26. The van der Waals surface area contributed by atoms with E-state index < -0.39 is 5.97 Å². The molecule has 2 rings (SSSR count). The lowest BCUT2D eigenvalue weighted by atomic mass is 10.1. The predicted molar refractivity (Wildman–Crippen MR) is 64.5 cm³/mol. The van der Waals surface area contributed by atoms with Gasteiger partial charge in [0.1, 0.15) is 5.03 Å². The van der Waals surface area contributed by atoms with Crippen LogP contribution in [-0.4, -0.2) is 26.2 Å². The first-order chi connectivity index (χ1) is 8.58. The van der Waals surface area contributed by atoms with E-state index in [1.54, 1.807) is 13.0 Å². The fraction of sp³-hybridized carbons (Fsp3) is 0.273. The molecule has 0 radical (unpaired) electrons. The summed E-state index contributed by atoms with van der Waals surface area (Å²) in [5, 5.41) is 13.2. The number of nitrogens with zero attached hydrogens (tertiary/aromatic N) is 3. The van der Waals surface area contributed by atoms with Gasteiger partial charge >= 0.3 is 5.97 Å². The third kappa shape index (κ3) is 2.67. The zero-order valence-electron chi connectivity index (χ0n) is 9.88. The Hall–Kier alpha value is -1.89. The molecular formula is C11H11N3O3S. The lowest BCUT2D eigenvalue weighted by Gasteiger charge is -2.08. The summed E-state index contributed by atoms with van der Waals surface area (Å²) in [6, 6.07) is 1.75. The van der Waals surface area contributed by atoms with Crippen LogP contribution in [0.15, 0.2) is 21.9 Å². The van der Waals surface area contributed by atoms with Gasteiger partial charge in [-0.3, -0.25) is 0 Å². The summed E-state index contributed by atoms with van der Waals surface area (Å²) in [6.07, 6.45) is 1.31. The minimum absolute atomic E-state index is 0.227. The summed E-state index contributed by atoms with van der Waals surface area (Å²) < 4.78 is 4.86. The topological polar surface area (TPSA) is 89.1 Å². The lowest BCUT2D eigenvalue weighted by Crippen LogP contribution is -2.05. The van der Waals surface area contributed by atoms with Gasteiger partial charge in [-0.25, -0.2) is 9.78 Å². The molecule has 2 aromatic rings. The van der Waals surface area contributed by atoms with Crippen LogP contribution in [0, 0.1) is 13.8 Å². The molecule has 2 aromatic heterocycles. The van der Waals surface area contributed by atoms with Crippen LogP contribution in [0.25, 0.3) is 0 Å². The average Bonchev–Trinajstić information content (AvgIpc) is 2.77. The number of carboxylic acids is 1. The molecule has 0 spiro atoms. The number of carboxylic acid groups (broad SMARTS) is 1. The van der Waals surface area contributed by atoms with Crippen LogP contribution in [0.1, 0.15) is 27.5 Å². The van der Waals surface area contributed by atoms with Gasteiger partial charge in [-0.15, -0.1) is 0 Å². The molecular weight excluding hydrogens is 254 g/mol. The number of aromatic nitrogens is 3. The largest absolute Gasteiger partial charge is 0.478 e.